The van der Waals surface area contributed by atoms with Crippen molar-refractivity contribution in [3.63, 3.8) is 0 Å². The maximum absolute atomic E-state index is 5.95. The van der Waals surface area contributed by atoms with E-state index in [0.717, 1.165) is 5.56 Å². The molecule has 0 bridgehead atoms. The van der Waals surface area contributed by atoms with E-state index in [1.807, 2.05) is 6.92 Å². The molecule has 1 aromatic carbocycles. The Hall–Kier alpha value is 0.307. The minimum Gasteiger partial charge on any atom is -0.0840 e. The second-order valence-electron chi connectivity index (χ2n) is 2.48. The lowest BCUT2D eigenvalue weighted by atomic mass is 10.1. The van der Waals surface area contributed by atoms with E-state index in [0.29, 0.717) is 15.1 Å². The van der Waals surface area contributed by atoms with Crippen LogP contribution in [-0.4, -0.2) is 10.2 Å². The van der Waals surface area contributed by atoms with Gasteiger partial charge < -0.3 is 0 Å². The Morgan fingerprint density at radius 1 is 1.17 bits per heavy atom. The van der Waals surface area contributed by atoms with E-state index < -0.39 is 0 Å². The SMILES string of the molecule is CC([Si])c1c(Cl)ccc(Cl)c1Cl. The second kappa shape index (κ2) is 4.01. The van der Waals surface area contributed by atoms with Crippen LogP contribution >= 0.6 is 34.8 Å². The standard InChI is InChI=1S/C8H6Cl3Si/c1-4(12)7-5(9)2-3-6(10)8(7)11/h2-4H,1H3. The Morgan fingerprint density at radius 2 is 1.67 bits per heavy atom. The van der Waals surface area contributed by atoms with Crippen molar-refractivity contribution in [2.45, 2.75) is 12.5 Å². The zero-order chi connectivity index (χ0) is 9.30. The molecule has 12 heavy (non-hydrogen) atoms. The van der Waals surface area contributed by atoms with E-state index >= 15 is 0 Å². The summed E-state index contributed by atoms with van der Waals surface area (Å²) in [4.78, 5) is 0. The van der Waals surface area contributed by atoms with E-state index in [9.17, 15) is 0 Å². The van der Waals surface area contributed by atoms with Gasteiger partial charge in [0, 0.05) is 15.3 Å². The molecule has 0 fully saturated rings. The van der Waals surface area contributed by atoms with Gasteiger partial charge in [-0.25, -0.2) is 0 Å². The van der Waals surface area contributed by atoms with Crippen molar-refractivity contribution in [3.05, 3.63) is 32.8 Å². The van der Waals surface area contributed by atoms with Crippen LogP contribution in [0, 0.1) is 0 Å². The summed E-state index contributed by atoms with van der Waals surface area (Å²) < 4.78 is 0. The maximum Gasteiger partial charge on any atom is 0.0638 e. The van der Waals surface area contributed by atoms with Crippen LogP contribution < -0.4 is 0 Å². The van der Waals surface area contributed by atoms with Gasteiger partial charge in [0.25, 0.3) is 0 Å². The number of halogens is 3. The first-order valence-electron chi connectivity index (χ1n) is 3.38. The van der Waals surface area contributed by atoms with Crippen LogP contribution in [0.3, 0.4) is 0 Å². The fourth-order valence-electron chi connectivity index (χ4n) is 0.940. The number of rotatable bonds is 1. The highest BCUT2D eigenvalue weighted by Crippen LogP contribution is 2.34. The summed E-state index contributed by atoms with van der Waals surface area (Å²) in [6, 6.07) is 3.42. The van der Waals surface area contributed by atoms with Crippen molar-refractivity contribution in [1.82, 2.24) is 0 Å². The third-order valence-electron chi connectivity index (χ3n) is 1.51. The monoisotopic (exact) mass is 235 g/mol. The molecule has 4 heteroatoms. The van der Waals surface area contributed by atoms with Crippen LogP contribution in [0.4, 0.5) is 0 Å². The van der Waals surface area contributed by atoms with Gasteiger partial charge >= 0.3 is 0 Å². The normalized spacial score (nSPS) is 13.1. The zero-order valence-electron chi connectivity index (χ0n) is 6.37. The number of hydrogen-bond donors (Lipinski definition) is 0. The Labute approximate surface area is 90.2 Å². The van der Waals surface area contributed by atoms with E-state index in [1.54, 1.807) is 12.1 Å². The van der Waals surface area contributed by atoms with E-state index in [1.165, 1.54) is 0 Å². The van der Waals surface area contributed by atoms with Crippen LogP contribution in [0.15, 0.2) is 12.1 Å². The average Bonchev–Trinajstić information content (AvgIpc) is 1.97. The third kappa shape index (κ3) is 1.97. The van der Waals surface area contributed by atoms with Crippen LogP contribution in [0.1, 0.15) is 18.0 Å². The van der Waals surface area contributed by atoms with Crippen LogP contribution in [0.5, 0.6) is 0 Å². The van der Waals surface area contributed by atoms with Gasteiger partial charge in [-0.2, -0.15) is 0 Å². The summed E-state index contributed by atoms with van der Waals surface area (Å²) in [5, 5.41) is 1.68. The molecule has 1 aromatic rings. The molecule has 0 saturated carbocycles. The van der Waals surface area contributed by atoms with Crippen molar-refractivity contribution >= 4 is 45.0 Å². The Balaban J connectivity index is 3.33. The highest BCUT2D eigenvalue weighted by molar-refractivity contribution is 6.44. The average molecular weight is 237 g/mol. The van der Waals surface area contributed by atoms with Gasteiger partial charge in [-0.15, -0.1) is 0 Å². The van der Waals surface area contributed by atoms with Gasteiger partial charge in [-0.05, 0) is 23.2 Å². The summed E-state index contributed by atoms with van der Waals surface area (Å²) in [5.74, 6) is 0. The van der Waals surface area contributed by atoms with Crippen molar-refractivity contribution in [2.24, 2.45) is 0 Å². The minimum atomic E-state index is 0.101. The molecule has 0 nitrogen and oxygen atoms in total. The molecule has 0 amide bonds. The zero-order valence-corrected chi connectivity index (χ0v) is 9.63. The predicted octanol–water partition coefficient (Wildman–Crippen LogP) is 3.88. The summed E-state index contributed by atoms with van der Waals surface area (Å²) in [7, 11) is 3.44. The molecule has 0 aliphatic carbocycles. The molecule has 1 atom stereocenters. The largest absolute Gasteiger partial charge is 0.0840 e. The molecular formula is C8H6Cl3Si. The highest BCUT2D eigenvalue weighted by atomic mass is 35.5. The fourth-order valence-corrected chi connectivity index (χ4v) is 2.29. The third-order valence-corrected chi connectivity index (χ3v) is 2.95. The first kappa shape index (κ1) is 10.4. The molecule has 0 aliphatic rings. The smallest absolute Gasteiger partial charge is 0.0638 e. The molecule has 3 radical (unpaired) electrons. The lowest BCUT2D eigenvalue weighted by molar-refractivity contribution is 1.08. The van der Waals surface area contributed by atoms with Gasteiger partial charge in [-0.1, -0.05) is 41.7 Å². The van der Waals surface area contributed by atoms with Crippen LogP contribution in [0.2, 0.25) is 15.1 Å². The van der Waals surface area contributed by atoms with Crippen LogP contribution in [-0.2, 0) is 0 Å². The second-order valence-corrected chi connectivity index (χ2v) is 4.54. The molecule has 1 unspecified atom stereocenters. The van der Waals surface area contributed by atoms with Gasteiger partial charge in [0.15, 0.2) is 0 Å². The predicted molar refractivity (Wildman–Crippen MR) is 55.6 cm³/mol. The Kier molecular flexibility index (Phi) is 3.47. The lowest BCUT2D eigenvalue weighted by Crippen LogP contribution is -1.94. The Bertz CT molecular complexity index is 297. The summed E-state index contributed by atoms with van der Waals surface area (Å²) in [5.41, 5.74) is 0.936. The molecule has 1 rings (SSSR count). The molecule has 63 valence electrons. The minimum absolute atomic E-state index is 0.101. The molecule has 0 N–H and O–H groups in total. The van der Waals surface area contributed by atoms with Crippen molar-refractivity contribution in [2.75, 3.05) is 0 Å². The quantitative estimate of drug-likeness (QED) is 0.513. The van der Waals surface area contributed by atoms with E-state index in [2.05, 4.69) is 10.2 Å². The van der Waals surface area contributed by atoms with Crippen molar-refractivity contribution in [3.8, 4) is 0 Å². The molecule has 0 aliphatic heterocycles. The Morgan fingerprint density at radius 3 is 2.08 bits per heavy atom. The molecular weight excluding hydrogens is 231 g/mol. The van der Waals surface area contributed by atoms with Gasteiger partial charge in [0.1, 0.15) is 0 Å². The molecule has 0 spiro atoms. The first-order chi connectivity index (χ1) is 5.54. The maximum atomic E-state index is 5.95. The summed E-state index contributed by atoms with van der Waals surface area (Å²) in [6.45, 7) is 1.94. The lowest BCUT2D eigenvalue weighted by Gasteiger charge is -2.10. The molecule has 0 aromatic heterocycles. The van der Waals surface area contributed by atoms with E-state index in [4.69, 9.17) is 34.8 Å². The fraction of sp³-hybridized carbons (Fsp3) is 0.250. The topological polar surface area (TPSA) is 0 Å². The van der Waals surface area contributed by atoms with Crippen molar-refractivity contribution in [1.29, 1.82) is 0 Å². The number of benzene rings is 1. The molecule has 0 heterocycles. The van der Waals surface area contributed by atoms with Gasteiger partial charge in [0.05, 0.1) is 10.0 Å². The van der Waals surface area contributed by atoms with E-state index in [-0.39, 0.29) is 5.54 Å². The van der Waals surface area contributed by atoms with Crippen molar-refractivity contribution < 1.29 is 0 Å². The summed E-state index contributed by atoms with van der Waals surface area (Å²) in [6.07, 6.45) is 0. The van der Waals surface area contributed by atoms with Gasteiger partial charge in [0.2, 0.25) is 0 Å². The first-order valence-corrected chi connectivity index (χ1v) is 5.09. The highest BCUT2D eigenvalue weighted by Gasteiger charge is 2.12. The number of hydrogen-bond acceptors (Lipinski definition) is 0. The van der Waals surface area contributed by atoms with Crippen LogP contribution in [0.25, 0.3) is 0 Å². The molecule has 0 saturated heterocycles. The van der Waals surface area contributed by atoms with Gasteiger partial charge in [-0.3, -0.25) is 0 Å². The summed E-state index contributed by atoms with van der Waals surface area (Å²) >= 11 is 17.7.